The second kappa shape index (κ2) is 5.37. The number of halogens is 2. The summed E-state index contributed by atoms with van der Waals surface area (Å²) in [6.07, 6.45) is -2.97. The minimum absolute atomic E-state index is 0.0978. The lowest BCUT2D eigenvalue weighted by atomic mass is 9.97. The van der Waals surface area contributed by atoms with Crippen LogP contribution in [0.1, 0.15) is 33.5 Å². The molecule has 0 radical (unpaired) electrons. The summed E-state index contributed by atoms with van der Waals surface area (Å²) in [6, 6.07) is 4.03. The van der Waals surface area contributed by atoms with Gasteiger partial charge in [0.1, 0.15) is 6.07 Å². The topological polar surface area (TPSA) is 70.3 Å². The Kier molecular flexibility index (Phi) is 4.12. The Balaban J connectivity index is 3.59. The van der Waals surface area contributed by atoms with Crippen molar-refractivity contribution < 1.29 is 23.4 Å². The zero-order valence-corrected chi connectivity index (χ0v) is 8.91. The molecular formula is C11H9F2NO3. The highest BCUT2D eigenvalue weighted by Gasteiger charge is 2.25. The number of rotatable bonds is 3. The largest absolute Gasteiger partial charge is 0.465 e. The average molecular weight is 241 g/mol. The van der Waals surface area contributed by atoms with Crippen molar-refractivity contribution in [3.05, 3.63) is 34.4 Å². The Labute approximate surface area is 96.0 Å². The highest BCUT2D eigenvalue weighted by atomic mass is 19.3. The number of benzene rings is 1. The van der Waals surface area contributed by atoms with Gasteiger partial charge in [0.2, 0.25) is 0 Å². The zero-order chi connectivity index (χ0) is 13.0. The average Bonchev–Trinajstić information content (AvgIpc) is 2.35. The number of ether oxygens (including phenoxy) is 1. The molecule has 0 aliphatic carbocycles. The van der Waals surface area contributed by atoms with Crippen molar-refractivity contribution in [2.24, 2.45) is 0 Å². The molecule has 0 saturated carbocycles. The van der Waals surface area contributed by atoms with E-state index in [1.54, 1.807) is 6.07 Å². The lowest BCUT2D eigenvalue weighted by molar-refractivity contribution is 0.0588. The molecule has 1 N–H and O–H groups in total. The highest BCUT2D eigenvalue weighted by Crippen LogP contribution is 2.29. The molecule has 0 heterocycles. The fourth-order valence-corrected chi connectivity index (χ4v) is 1.46. The lowest BCUT2D eigenvalue weighted by Crippen LogP contribution is -2.11. The van der Waals surface area contributed by atoms with Crippen LogP contribution in [0.2, 0.25) is 0 Å². The summed E-state index contributed by atoms with van der Waals surface area (Å²) in [5, 5.41) is 17.7. The van der Waals surface area contributed by atoms with Crippen molar-refractivity contribution in [1.82, 2.24) is 0 Å². The summed E-state index contributed by atoms with van der Waals surface area (Å²) in [7, 11) is 1.03. The first-order chi connectivity index (χ1) is 8.06. The standard InChI is InChI=1S/C11H9F2NO3/c1-17-11(16)9-6(4-14)2-3-7(5-15)8(9)10(12)13/h2-3,10,15H,5H2,1H3. The fourth-order valence-electron chi connectivity index (χ4n) is 1.46. The summed E-state index contributed by atoms with van der Waals surface area (Å²) in [6.45, 7) is -0.643. The van der Waals surface area contributed by atoms with Crippen LogP contribution in [-0.2, 0) is 11.3 Å². The Hall–Kier alpha value is -2.00. The van der Waals surface area contributed by atoms with Crippen LogP contribution in [0, 0.1) is 11.3 Å². The first-order valence-electron chi connectivity index (χ1n) is 4.60. The second-order valence-corrected chi connectivity index (χ2v) is 3.12. The molecule has 17 heavy (non-hydrogen) atoms. The van der Waals surface area contributed by atoms with Crippen LogP contribution in [0.5, 0.6) is 0 Å². The molecule has 1 aromatic rings. The molecule has 6 heteroatoms. The van der Waals surface area contributed by atoms with Gasteiger partial charge in [-0.2, -0.15) is 5.26 Å². The van der Waals surface area contributed by atoms with Crippen LogP contribution >= 0.6 is 0 Å². The number of hydrogen-bond donors (Lipinski definition) is 1. The summed E-state index contributed by atoms with van der Waals surface area (Å²) in [4.78, 5) is 11.4. The van der Waals surface area contributed by atoms with E-state index in [0.29, 0.717) is 0 Å². The summed E-state index contributed by atoms with van der Waals surface area (Å²) in [5.41, 5.74) is -1.45. The number of nitriles is 1. The van der Waals surface area contributed by atoms with Gasteiger partial charge in [0.15, 0.2) is 0 Å². The van der Waals surface area contributed by atoms with E-state index in [1.807, 2.05) is 0 Å². The molecule has 0 unspecified atom stereocenters. The van der Waals surface area contributed by atoms with E-state index in [2.05, 4.69) is 4.74 Å². The number of alkyl halides is 2. The number of esters is 1. The van der Waals surface area contributed by atoms with Gasteiger partial charge < -0.3 is 9.84 Å². The summed E-state index contributed by atoms with van der Waals surface area (Å²) in [5.74, 6) is -1.02. The monoisotopic (exact) mass is 241 g/mol. The van der Waals surface area contributed by atoms with Gasteiger partial charge in [-0.1, -0.05) is 6.07 Å². The number of aliphatic hydroxyl groups is 1. The quantitative estimate of drug-likeness (QED) is 0.819. The molecule has 0 fully saturated rings. The molecule has 0 aliphatic rings. The van der Waals surface area contributed by atoms with Crippen LogP contribution in [0.15, 0.2) is 12.1 Å². The number of aliphatic hydroxyl groups excluding tert-OH is 1. The van der Waals surface area contributed by atoms with Crippen LogP contribution in [0.3, 0.4) is 0 Å². The molecule has 0 aromatic heterocycles. The zero-order valence-electron chi connectivity index (χ0n) is 8.91. The SMILES string of the molecule is COC(=O)c1c(C#N)ccc(CO)c1C(F)F. The first-order valence-corrected chi connectivity index (χ1v) is 4.60. The van der Waals surface area contributed by atoms with Crippen molar-refractivity contribution in [1.29, 1.82) is 5.26 Å². The van der Waals surface area contributed by atoms with Gasteiger partial charge >= 0.3 is 5.97 Å². The van der Waals surface area contributed by atoms with E-state index in [4.69, 9.17) is 10.4 Å². The van der Waals surface area contributed by atoms with E-state index >= 15 is 0 Å². The van der Waals surface area contributed by atoms with Crippen LogP contribution in [0.4, 0.5) is 8.78 Å². The molecule has 0 atom stereocenters. The first kappa shape index (κ1) is 13.1. The molecule has 4 nitrogen and oxygen atoms in total. The predicted molar refractivity (Wildman–Crippen MR) is 53.4 cm³/mol. The maximum absolute atomic E-state index is 12.9. The normalized spacial score (nSPS) is 10.1. The third-order valence-corrected chi connectivity index (χ3v) is 2.23. The number of nitrogens with zero attached hydrogens (tertiary/aromatic N) is 1. The second-order valence-electron chi connectivity index (χ2n) is 3.12. The third kappa shape index (κ3) is 2.40. The molecule has 1 rings (SSSR count). The van der Waals surface area contributed by atoms with Crippen molar-refractivity contribution in [2.45, 2.75) is 13.0 Å². The molecule has 0 bridgehead atoms. The summed E-state index contributed by atoms with van der Waals surface area (Å²) < 4.78 is 30.1. The van der Waals surface area contributed by atoms with E-state index in [9.17, 15) is 13.6 Å². The Morgan fingerprint density at radius 3 is 2.65 bits per heavy atom. The van der Waals surface area contributed by atoms with Crippen LogP contribution in [-0.4, -0.2) is 18.2 Å². The van der Waals surface area contributed by atoms with Gasteiger partial charge in [0.25, 0.3) is 6.43 Å². The van der Waals surface area contributed by atoms with Gasteiger partial charge in [0, 0.05) is 5.56 Å². The number of carbonyl (C=O) groups is 1. The highest BCUT2D eigenvalue weighted by molar-refractivity contribution is 5.94. The van der Waals surface area contributed by atoms with E-state index in [0.717, 1.165) is 7.11 Å². The fraction of sp³-hybridized carbons (Fsp3) is 0.273. The van der Waals surface area contributed by atoms with Crippen LogP contribution < -0.4 is 0 Å². The van der Waals surface area contributed by atoms with Gasteiger partial charge in [-0.3, -0.25) is 0 Å². The molecule has 0 amide bonds. The molecule has 0 aliphatic heterocycles. The molecule has 0 spiro atoms. The Bertz CT molecular complexity index is 480. The third-order valence-electron chi connectivity index (χ3n) is 2.23. The predicted octanol–water partition coefficient (Wildman–Crippen LogP) is 1.77. The number of hydrogen-bond acceptors (Lipinski definition) is 4. The van der Waals surface area contributed by atoms with Crippen molar-refractivity contribution in [2.75, 3.05) is 7.11 Å². The van der Waals surface area contributed by atoms with Crippen molar-refractivity contribution >= 4 is 5.97 Å². The number of methoxy groups -OCH3 is 1. The minimum atomic E-state index is -2.97. The lowest BCUT2D eigenvalue weighted by Gasteiger charge is -2.12. The van der Waals surface area contributed by atoms with Gasteiger partial charge in [-0.15, -0.1) is 0 Å². The molecule has 0 saturated heterocycles. The van der Waals surface area contributed by atoms with Gasteiger partial charge in [-0.05, 0) is 11.6 Å². The number of carbonyl (C=O) groups excluding carboxylic acids is 1. The molecular weight excluding hydrogens is 232 g/mol. The van der Waals surface area contributed by atoms with Gasteiger partial charge in [0.05, 0.1) is 24.8 Å². The van der Waals surface area contributed by atoms with Crippen LogP contribution in [0.25, 0.3) is 0 Å². The van der Waals surface area contributed by atoms with E-state index in [1.165, 1.54) is 12.1 Å². The Morgan fingerprint density at radius 2 is 2.24 bits per heavy atom. The van der Waals surface area contributed by atoms with Gasteiger partial charge in [-0.25, -0.2) is 13.6 Å². The maximum atomic E-state index is 12.9. The van der Waals surface area contributed by atoms with Crippen molar-refractivity contribution in [3.63, 3.8) is 0 Å². The Morgan fingerprint density at radius 1 is 1.59 bits per heavy atom. The van der Waals surface area contributed by atoms with E-state index in [-0.39, 0.29) is 11.1 Å². The van der Waals surface area contributed by atoms with Crippen molar-refractivity contribution in [3.8, 4) is 6.07 Å². The molecule has 1 aromatic carbocycles. The minimum Gasteiger partial charge on any atom is -0.465 e. The summed E-state index contributed by atoms with van der Waals surface area (Å²) >= 11 is 0. The molecule has 90 valence electrons. The smallest absolute Gasteiger partial charge is 0.339 e. The maximum Gasteiger partial charge on any atom is 0.339 e. The van der Waals surface area contributed by atoms with E-state index < -0.39 is 30.1 Å².